The van der Waals surface area contributed by atoms with Gasteiger partial charge in [0.2, 0.25) is 0 Å². The summed E-state index contributed by atoms with van der Waals surface area (Å²) in [7, 11) is 2.05. The second kappa shape index (κ2) is 7.74. The number of hydrogen-bond donors (Lipinski definition) is 2. The standard InChI is InChI=1S/C14H24N4O/c1-5-16-13-10-15-7-6-12(13)14(19)17-8-9-18(4)11(2)3/h6-7,10-11,16H,5,8-9H2,1-4H3,(H,17,19). The molecule has 0 spiro atoms. The highest BCUT2D eigenvalue weighted by Crippen LogP contribution is 2.12. The lowest BCUT2D eigenvalue weighted by Gasteiger charge is -2.21. The van der Waals surface area contributed by atoms with E-state index in [-0.39, 0.29) is 5.91 Å². The molecule has 0 saturated carbocycles. The van der Waals surface area contributed by atoms with E-state index in [0.29, 0.717) is 18.2 Å². The van der Waals surface area contributed by atoms with Crippen molar-refractivity contribution in [3.05, 3.63) is 24.0 Å². The van der Waals surface area contributed by atoms with Crippen molar-refractivity contribution in [1.29, 1.82) is 0 Å². The first-order chi connectivity index (χ1) is 9.06. The van der Waals surface area contributed by atoms with Gasteiger partial charge in [0.05, 0.1) is 17.4 Å². The van der Waals surface area contributed by atoms with Crippen molar-refractivity contribution in [1.82, 2.24) is 15.2 Å². The van der Waals surface area contributed by atoms with E-state index in [4.69, 9.17) is 0 Å². The Morgan fingerprint density at radius 2 is 2.21 bits per heavy atom. The van der Waals surface area contributed by atoms with E-state index in [0.717, 1.165) is 18.8 Å². The third-order valence-corrected chi connectivity index (χ3v) is 3.06. The van der Waals surface area contributed by atoms with Crippen LogP contribution in [0.2, 0.25) is 0 Å². The highest BCUT2D eigenvalue weighted by molar-refractivity contribution is 5.99. The van der Waals surface area contributed by atoms with Gasteiger partial charge in [-0.3, -0.25) is 9.78 Å². The van der Waals surface area contributed by atoms with Crippen LogP contribution in [0.5, 0.6) is 0 Å². The molecular formula is C14H24N4O. The maximum absolute atomic E-state index is 12.1. The Labute approximate surface area is 115 Å². The summed E-state index contributed by atoms with van der Waals surface area (Å²) in [6.07, 6.45) is 3.31. The van der Waals surface area contributed by atoms with Crippen LogP contribution in [-0.2, 0) is 0 Å². The Kier molecular flexibility index (Phi) is 6.29. The lowest BCUT2D eigenvalue weighted by atomic mass is 10.2. The van der Waals surface area contributed by atoms with Gasteiger partial charge in [0, 0.05) is 31.9 Å². The first-order valence-electron chi connectivity index (χ1n) is 6.72. The predicted octanol–water partition coefficient (Wildman–Crippen LogP) is 1.58. The SMILES string of the molecule is CCNc1cnccc1C(=O)NCCN(C)C(C)C. The van der Waals surface area contributed by atoms with Crippen LogP contribution in [0.4, 0.5) is 5.69 Å². The summed E-state index contributed by atoms with van der Waals surface area (Å²) in [5.41, 5.74) is 1.42. The van der Waals surface area contributed by atoms with E-state index in [1.165, 1.54) is 0 Å². The van der Waals surface area contributed by atoms with Gasteiger partial charge >= 0.3 is 0 Å². The van der Waals surface area contributed by atoms with Gasteiger partial charge in [0.1, 0.15) is 0 Å². The number of nitrogens with zero attached hydrogens (tertiary/aromatic N) is 2. The van der Waals surface area contributed by atoms with Crippen LogP contribution in [0.1, 0.15) is 31.1 Å². The summed E-state index contributed by atoms with van der Waals surface area (Å²) >= 11 is 0. The number of carbonyl (C=O) groups excluding carboxylic acids is 1. The summed E-state index contributed by atoms with van der Waals surface area (Å²) in [6.45, 7) is 8.50. The number of rotatable bonds is 7. The van der Waals surface area contributed by atoms with Gasteiger partial charge in [-0.05, 0) is 33.9 Å². The van der Waals surface area contributed by atoms with Gasteiger partial charge in [-0.2, -0.15) is 0 Å². The maximum atomic E-state index is 12.1. The Hall–Kier alpha value is -1.62. The number of carbonyl (C=O) groups is 1. The highest BCUT2D eigenvalue weighted by atomic mass is 16.1. The molecule has 0 aliphatic heterocycles. The molecule has 1 rings (SSSR count). The largest absolute Gasteiger partial charge is 0.383 e. The number of anilines is 1. The van der Waals surface area contributed by atoms with Crippen LogP contribution in [0.25, 0.3) is 0 Å². The molecule has 2 N–H and O–H groups in total. The third kappa shape index (κ3) is 4.87. The quantitative estimate of drug-likeness (QED) is 0.785. The van der Waals surface area contributed by atoms with E-state index in [1.807, 2.05) is 14.0 Å². The smallest absolute Gasteiger partial charge is 0.253 e. The molecule has 0 radical (unpaired) electrons. The fourth-order valence-corrected chi connectivity index (χ4v) is 1.62. The molecule has 0 aromatic carbocycles. The van der Waals surface area contributed by atoms with Crippen LogP contribution < -0.4 is 10.6 Å². The molecule has 5 nitrogen and oxygen atoms in total. The van der Waals surface area contributed by atoms with Crippen LogP contribution in [-0.4, -0.2) is 48.5 Å². The number of nitrogens with one attached hydrogen (secondary N) is 2. The second-order valence-electron chi connectivity index (χ2n) is 4.78. The number of aromatic nitrogens is 1. The van der Waals surface area contributed by atoms with Gasteiger partial charge in [0.25, 0.3) is 5.91 Å². The van der Waals surface area contributed by atoms with Crippen molar-refractivity contribution in [3.8, 4) is 0 Å². The molecule has 0 aliphatic rings. The Morgan fingerprint density at radius 1 is 1.47 bits per heavy atom. The number of likely N-dealkylation sites (N-methyl/N-ethyl adjacent to an activating group) is 1. The lowest BCUT2D eigenvalue weighted by molar-refractivity contribution is 0.0948. The van der Waals surface area contributed by atoms with Gasteiger partial charge < -0.3 is 15.5 Å². The van der Waals surface area contributed by atoms with Crippen LogP contribution in [0, 0.1) is 0 Å². The summed E-state index contributed by atoms with van der Waals surface area (Å²) in [5.74, 6) is -0.0597. The van der Waals surface area contributed by atoms with Gasteiger partial charge in [0.15, 0.2) is 0 Å². The van der Waals surface area contributed by atoms with Crippen molar-refractivity contribution in [2.45, 2.75) is 26.8 Å². The van der Waals surface area contributed by atoms with Gasteiger partial charge in [-0.1, -0.05) is 0 Å². The monoisotopic (exact) mass is 264 g/mol. The highest BCUT2D eigenvalue weighted by Gasteiger charge is 2.11. The van der Waals surface area contributed by atoms with E-state index in [2.05, 4.69) is 34.4 Å². The molecule has 19 heavy (non-hydrogen) atoms. The van der Waals surface area contributed by atoms with Crippen molar-refractivity contribution < 1.29 is 4.79 Å². The van der Waals surface area contributed by atoms with Crippen LogP contribution >= 0.6 is 0 Å². The first-order valence-corrected chi connectivity index (χ1v) is 6.72. The third-order valence-electron chi connectivity index (χ3n) is 3.06. The van der Waals surface area contributed by atoms with E-state index in [9.17, 15) is 4.79 Å². The van der Waals surface area contributed by atoms with Crippen molar-refractivity contribution in [2.24, 2.45) is 0 Å². The molecule has 0 aliphatic carbocycles. The number of hydrogen-bond acceptors (Lipinski definition) is 4. The summed E-state index contributed by atoms with van der Waals surface area (Å²) in [6, 6.07) is 2.22. The zero-order chi connectivity index (χ0) is 14.3. The first kappa shape index (κ1) is 15.4. The summed E-state index contributed by atoms with van der Waals surface area (Å²) in [5, 5.41) is 6.08. The summed E-state index contributed by atoms with van der Waals surface area (Å²) < 4.78 is 0. The molecule has 1 aromatic heterocycles. The minimum atomic E-state index is -0.0597. The number of pyridine rings is 1. The minimum Gasteiger partial charge on any atom is -0.383 e. The molecule has 0 bridgehead atoms. The number of amides is 1. The second-order valence-corrected chi connectivity index (χ2v) is 4.78. The zero-order valence-corrected chi connectivity index (χ0v) is 12.2. The Bertz CT molecular complexity index is 406. The molecule has 1 amide bonds. The molecule has 0 atom stereocenters. The van der Waals surface area contributed by atoms with Crippen LogP contribution in [0.3, 0.4) is 0 Å². The fourth-order valence-electron chi connectivity index (χ4n) is 1.62. The maximum Gasteiger partial charge on any atom is 0.253 e. The van der Waals surface area contributed by atoms with Crippen LogP contribution in [0.15, 0.2) is 18.5 Å². The molecule has 0 saturated heterocycles. The fraction of sp³-hybridized carbons (Fsp3) is 0.571. The lowest BCUT2D eigenvalue weighted by Crippen LogP contribution is -2.36. The van der Waals surface area contributed by atoms with Gasteiger partial charge in [-0.15, -0.1) is 0 Å². The molecule has 5 heteroatoms. The average Bonchev–Trinajstić information content (AvgIpc) is 2.39. The van der Waals surface area contributed by atoms with Gasteiger partial charge in [-0.25, -0.2) is 0 Å². The zero-order valence-electron chi connectivity index (χ0n) is 12.2. The van der Waals surface area contributed by atoms with Crippen molar-refractivity contribution >= 4 is 11.6 Å². The molecule has 0 fully saturated rings. The average molecular weight is 264 g/mol. The Balaban J connectivity index is 2.54. The summed E-state index contributed by atoms with van der Waals surface area (Å²) in [4.78, 5) is 18.3. The van der Waals surface area contributed by atoms with E-state index < -0.39 is 0 Å². The van der Waals surface area contributed by atoms with Crippen molar-refractivity contribution in [3.63, 3.8) is 0 Å². The molecule has 1 aromatic rings. The van der Waals surface area contributed by atoms with E-state index >= 15 is 0 Å². The van der Waals surface area contributed by atoms with E-state index in [1.54, 1.807) is 18.5 Å². The van der Waals surface area contributed by atoms with Crippen molar-refractivity contribution in [2.75, 3.05) is 32.0 Å². The molecule has 106 valence electrons. The normalized spacial score (nSPS) is 10.8. The Morgan fingerprint density at radius 3 is 2.84 bits per heavy atom. The molecular weight excluding hydrogens is 240 g/mol. The predicted molar refractivity (Wildman–Crippen MR) is 78.5 cm³/mol. The molecule has 1 heterocycles. The molecule has 0 unspecified atom stereocenters. The topological polar surface area (TPSA) is 57.3 Å². The minimum absolute atomic E-state index is 0.0597.